The highest BCUT2D eigenvalue weighted by Crippen LogP contribution is 2.37. The molecule has 1 aromatic heterocycles. The third-order valence-corrected chi connectivity index (χ3v) is 4.00. The van der Waals surface area contributed by atoms with E-state index in [1.165, 1.54) is 12.5 Å². The van der Waals surface area contributed by atoms with Crippen molar-refractivity contribution in [3.8, 4) is 11.5 Å². The molecule has 7 nitrogen and oxygen atoms in total. The first-order valence-corrected chi connectivity index (χ1v) is 9.26. The quantitative estimate of drug-likeness (QED) is 0.584. The number of nitrogens with one attached hydrogen (secondary N) is 2. The molecule has 0 saturated heterocycles. The summed E-state index contributed by atoms with van der Waals surface area (Å²) in [6.45, 7) is 4.44. The molecular weight excluding hydrogens is 372 g/mol. The molecule has 2 aromatic carbocycles. The van der Waals surface area contributed by atoms with Crippen LogP contribution in [-0.4, -0.2) is 25.0 Å². The molecule has 0 aliphatic heterocycles. The summed E-state index contributed by atoms with van der Waals surface area (Å²) in [5, 5.41) is 5.64. The molecule has 0 fully saturated rings. The first-order valence-electron chi connectivity index (χ1n) is 9.26. The number of benzene rings is 2. The highest BCUT2D eigenvalue weighted by molar-refractivity contribution is 6.07. The van der Waals surface area contributed by atoms with Crippen LogP contribution in [0, 0.1) is 0 Å². The van der Waals surface area contributed by atoms with Crippen molar-refractivity contribution in [2.45, 2.75) is 13.8 Å². The van der Waals surface area contributed by atoms with E-state index >= 15 is 0 Å². The first-order chi connectivity index (χ1) is 14.1. The molecule has 150 valence electrons. The molecule has 0 spiro atoms. The number of carbonyl (C=O) groups excluding carboxylic acids is 2. The Kier molecular flexibility index (Phi) is 6.52. The van der Waals surface area contributed by atoms with Crippen molar-refractivity contribution < 1.29 is 23.5 Å². The Morgan fingerprint density at radius 3 is 1.86 bits per heavy atom. The van der Waals surface area contributed by atoms with Crippen LogP contribution in [0.4, 0.5) is 11.4 Å². The number of anilines is 2. The maximum absolute atomic E-state index is 12.6. The average Bonchev–Trinajstić information content (AvgIpc) is 3.27. The second-order valence-electron chi connectivity index (χ2n) is 6.00. The Bertz CT molecular complexity index is 968. The zero-order valence-electron chi connectivity index (χ0n) is 16.2. The van der Waals surface area contributed by atoms with Gasteiger partial charge in [-0.15, -0.1) is 0 Å². The minimum atomic E-state index is -0.344. The Morgan fingerprint density at radius 1 is 0.828 bits per heavy atom. The van der Waals surface area contributed by atoms with E-state index in [0.717, 1.165) is 0 Å². The second kappa shape index (κ2) is 9.45. The molecular formula is C22H22N2O5. The molecule has 0 aliphatic rings. The van der Waals surface area contributed by atoms with E-state index in [-0.39, 0.29) is 11.8 Å². The zero-order valence-corrected chi connectivity index (χ0v) is 16.2. The maximum atomic E-state index is 12.6. The van der Waals surface area contributed by atoms with E-state index in [1.54, 1.807) is 42.5 Å². The van der Waals surface area contributed by atoms with Gasteiger partial charge in [-0.25, -0.2) is 0 Å². The largest absolute Gasteiger partial charge is 0.492 e. The van der Waals surface area contributed by atoms with E-state index in [9.17, 15) is 9.59 Å². The van der Waals surface area contributed by atoms with Crippen molar-refractivity contribution in [3.05, 3.63) is 72.2 Å². The number of amides is 2. The highest BCUT2D eigenvalue weighted by Gasteiger charge is 2.17. The molecule has 2 amide bonds. The first kappa shape index (κ1) is 20.0. The summed E-state index contributed by atoms with van der Waals surface area (Å²) in [6, 6.07) is 13.7. The second-order valence-corrected chi connectivity index (χ2v) is 6.00. The molecule has 0 radical (unpaired) electrons. The normalized spacial score (nSPS) is 10.3. The summed E-state index contributed by atoms with van der Waals surface area (Å²) in [5.41, 5.74) is 1.78. The molecule has 2 N–H and O–H groups in total. The van der Waals surface area contributed by atoms with E-state index < -0.39 is 0 Å². The van der Waals surface area contributed by atoms with Crippen molar-refractivity contribution in [1.82, 2.24) is 0 Å². The summed E-state index contributed by atoms with van der Waals surface area (Å²) < 4.78 is 16.3. The Labute approximate surface area is 168 Å². The standard InChI is InChI=1S/C22H22N2O5/c1-3-28-19-13-18(24-22(26)16-10-11-27-14-16)20(29-4-2)12-17(19)23-21(25)15-8-6-5-7-9-15/h5-14H,3-4H2,1-2H3,(H,23,25)(H,24,26). The minimum Gasteiger partial charge on any atom is -0.492 e. The molecule has 3 aromatic rings. The molecule has 7 heteroatoms. The molecule has 0 unspecified atom stereocenters. The van der Waals surface area contributed by atoms with Gasteiger partial charge in [0.05, 0.1) is 36.4 Å². The van der Waals surface area contributed by atoms with Gasteiger partial charge in [0.25, 0.3) is 11.8 Å². The summed E-state index contributed by atoms with van der Waals surface area (Å²) in [7, 11) is 0. The molecule has 0 saturated carbocycles. The molecule has 3 rings (SSSR count). The van der Waals surface area contributed by atoms with Gasteiger partial charge in [-0.05, 0) is 32.0 Å². The van der Waals surface area contributed by atoms with Gasteiger partial charge in [-0.3, -0.25) is 9.59 Å². The van der Waals surface area contributed by atoms with Crippen molar-refractivity contribution in [1.29, 1.82) is 0 Å². The van der Waals surface area contributed by atoms with Gasteiger partial charge >= 0.3 is 0 Å². The fraction of sp³-hybridized carbons (Fsp3) is 0.182. The Morgan fingerprint density at radius 2 is 1.38 bits per heavy atom. The monoisotopic (exact) mass is 394 g/mol. The van der Waals surface area contributed by atoms with Crippen LogP contribution in [0.25, 0.3) is 0 Å². The number of carbonyl (C=O) groups is 2. The fourth-order valence-electron chi connectivity index (χ4n) is 2.68. The van der Waals surface area contributed by atoms with E-state index in [1.807, 2.05) is 19.9 Å². The van der Waals surface area contributed by atoms with Crippen molar-refractivity contribution in [3.63, 3.8) is 0 Å². The third-order valence-electron chi connectivity index (χ3n) is 4.00. The summed E-state index contributed by atoms with van der Waals surface area (Å²) >= 11 is 0. The van der Waals surface area contributed by atoms with Crippen LogP contribution in [0.1, 0.15) is 34.6 Å². The van der Waals surface area contributed by atoms with Crippen LogP contribution < -0.4 is 20.1 Å². The van der Waals surface area contributed by atoms with Crippen molar-refractivity contribution in [2.75, 3.05) is 23.8 Å². The molecule has 0 atom stereocenters. The number of hydrogen-bond acceptors (Lipinski definition) is 5. The van der Waals surface area contributed by atoms with Gasteiger partial charge in [0.2, 0.25) is 0 Å². The Hall–Kier alpha value is -3.74. The van der Waals surface area contributed by atoms with E-state index in [0.29, 0.717) is 47.2 Å². The van der Waals surface area contributed by atoms with Gasteiger partial charge < -0.3 is 24.5 Å². The number of rotatable bonds is 8. The van der Waals surface area contributed by atoms with Gasteiger partial charge in [0.1, 0.15) is 17.8 Å². The van der Waals surface area contributed by atoms with Crippen molar-refractivity contribution >= 4 is 23.2 Å². The Balaban J connectivity index is 1.92. The van der Waals surface area contributed by atoms with Crippen LogP contribution in [-0.2, 0) is 0 Å². The van der Waals surface area contributed by atoms with E-state index in [2.05, 4.69) is 10.6 Å². The molecule has 0 bridgehead atoms. The topological polar surface area (TPSA) is 89.8 Å². The smallest absolute Gasteiger partial charge is 0.259 e. The minimum absolute atomic E-state index is 0.274. The third kappa shape index (κ3) is 4.95. The lowest BCUT2D eigenvalue weighted by Crippen LogP contribution is -2.15. The predicted molar refractivity (Wildman–Crippen MR) is 110 cm³/mol. The molecule has 1 heterocycles. The van der Waals surface area contributed by atoms with Crippen LogP contribution in [0.15, 0.2) is 65.5 Å². The zero-order chi connectivity index (χ0) is 20.6. The van der Waals surface area contributed by atoms with Gasteiger partial charge in [-0.2, -0.15) is 0 Å². The van der Waals surface area contributed by atoms with Crippen LogP contribution in [0.5, 0.6) is 11.5 Å². The lowest BCUT2D eigenvalue weighted by atomic mass is 10.2. The van der Waals surface area contributed by atoms with Crippen molar-refractivity contribution in [2.24, 2.45) is 0 Å². The van der Waals surface area contributed by atoms with Crippen LogP contribution >= 0.6 is 0 Å². The summed E-state index contributed by atoms with van der Waals surface area (Å²) in [6.07, 6.45) is 2.78. The van der Waals surface area contributed by atoms with Gasteiger partial charge in [-0.1, -0.05) is 18.2 Å². The lowest BCUT2D eigenvalue weighted by Gasteiger charge is -2.17. The van der Waals surface area contributed by atoms with Gasteiger partial charge in [0.15, 0.2) is 0 Å². The summed E-state index contributed by atoms with van der Waals surface area (Å²) in [5.74, 6) is 0.214. The maximum Gasteiger partial charge on any atom is 0.259 e. The fourth-order valence-corrected chi connectivity index (χ4v) is 2.68. The van der Waals surface area contributed by atoms with Crippen LogP contribution in [0.3, 0.4) is 0 Å². The van der Waals surface area contributed by atoms with Gasteiger partial charge in [0, 0.05) is 17.7 Å². The molecule has 0 aliphatic carbocycles. The highest BCUT2D eigenvalue weighted by atomic mass is 16.5. The SMILES string of the molecule is CCOc1cc(NC(=O)c2ccoc2)c(OCC)cc1NC(=O)c1ccccc1. The predicted octanol–water partition coefficient (Wildman–Crippen LogP) is 4.58. The van der Waals surface area contributed by atoms with Crippen LogP contribution in [0.2, 0.25) is 0 Å². The lowest BCUT2D eigenvalue weighted by molar-refractivity contribution is 0.101. The average molecular weight is 394 g/mol. The number of ether oxygens (including phenoxy) is 2. The summed E-state index contributed by atoms with van der Waals surface area (Å²) in [4.78, 5) is 25.0. The van der Waals surface area contributed by atoms with E-state index in [4.69, 9.17) is 13.9 Å². The molecule has 29 heavy (non-hydrogen) atoms. The number of furan rings is 1. The number of hydrogen-bond donors (Lipinski definition) is 2.